The van der Waals surface area contributed by atoms with Crippen LogP contribution in [0.25, 0.3) is 0 Å². The minimum Gasteiger partial charge on any atom is -0.484 e. The van der Waals surface area contributed by atoms with Gasteiger partial charge in [0.2, 0.25) is 5.91 Å². The molecule has 2 aromatic rings. The van der Waals surface area contributed by atoms with Gasteiger partial charge in [-0.1, -0.05) is 30.3 Å². The van der Waals surface area contributed by atoms with Crippen molar-refractivity contribution >= 4 is 29.3 Å². The maximum absolute atomic E-state index is 12.6. The molecule has 2 aromatic carbocycles. The van der Waals surface area contributed by atoms with E-state index >= 15 is 0 Å². The van der Waals surface area contributed by atoms with Crippen molar-refractivity contribution in [3.8, 4) is 5.75 Å². The molecule has 0 spiro atoms. The number of hydrogen-bond donors (Lipinski definition) is 2. The molecule has 168 valence electrons. The van der Waals surface area contributed by atoms with Crippen LogP contribution in [0.1, 0.15) is 18.4 Å². The SMILES string of the molecule is CSCCC(NC(=O)COc1ccccc1)C(=O)NCCCc1ccc(N(C)C)cc1. The number of nitrogens with zero attached hydrogens (tertiary/aromatic N) is 1. The third kappa shape index (κ3) is 9.34. The number of para-hydroxylation sites is 1. The molecule has 0 aliphatic rings. The van der Waals surface area contributed by atoms with Gasteiger partial charge in [-0.25, -0.2) is 0 Å². The Kier molecular flexibility index (Phi) is 10.8. The number of anilines is 1. The predicted molar refractivity (Wildman–Crippen MR) is 129 cm³/mol. The second kappa shape index (κ2) is 13.6. The smallest absolute Gasteiger partial charge is 0.258 e. The Morgan fingerprint density at radius 3 is 2.42 bits per heavy atom. The lowest BCUT2D eigenvalue weighted by molar-refractivity contribution is -0.130. The van der Waals surface area contributed by atoms with E-state index in [0.717, 1.165) is 18.6 Å². The first-order valence-electron chi connectivity index (χ1n) is 10.5. The zero-order valence-corrected chi connectivity index (χ0v) is 19.4. The standard InChI is InChI=1S/C24H33N3O3S/c1-27(2)20-13-11-19(12-14-20)8-7-16-25-24(29)22(15-17-31-3)26-23(28)18-30-21-9-5-4-6-10-21/h4-6,9-14,22H,7-8,15-18H2,1-3H3,(H,25,29)(H,26,28). The van der Waals surface area contributed by atoms with Crippen LogP contribution in [0.2, 0.25) is 0 Å². The number of nitrogens with one attached hydrogen (secondary N) is 2. The summed E-state index contributed by atoms with van der Waals surface area (Å²) in [5.41, 5.74) is 2.41. The van der Waals surface area contributed by atoms with Crippen molar-refractivity contribution in [2.75, 3.05) is 44.2 Å². The zero-order chi connectivity index (χ0) is 22.5. The molecule has 7 heteroatoms. The average Bonchev–Trinajstić information content (AvgIpc) is 2.79. The molecule has 0 aliphatic heterocycles. The van der Waals surface area contributed by atoms with Crippen LogP contribution in [-0.2, 0) is 16.0 Å². The van der Waals surface area contributed by atoms with Gasteiger partial charge in [0.15, 0.2) is 6.61 Å². The minimum absolute atomic E-state index is 0.115. The Hall–Kier alpha value is -2.67. The maximum atomic E-state index is 12.6. The molecule has 0 heterocycles. The number of rotatable bonds is 13. The number of aryl methyl sites for hydroxylation is 1. The highest BCUT2D eigenvalue weighted by Crippen LogP contribution is 2.13. The highest BCUT2D eigenvalue weighted by atomic mass is 32.2. The summed E-state index contributed by atoms with van der Waals surface area (Å²) < 4.78 is 5.47. The Bertz CT molecular complexity index is 797. The summed E-state index contributed by atoms with van der Waals surface area (Å²) in [4.78, 5) is 26.9. The number of ether oxygens (including phenoxy) is 1. The fourth-order valence-electron chi connectivity index (χ4n) is 2.99. The van der Waals surface area contributed by atoms with Crippen molar-refractivity contribution in [2.24, 2.45) is 0 Å². The summed E-state index contributed by atoms with van der Waals surface area (Å²) >= 11 is 1.65. The number of carbonyl (C=O) groups is 2. The van der Waals surface area contributed by atoms with Gasteiger partial charge in [0.25, 0.3) is 5.91 Å². The fourth-order valence-corrected chi connectivity index (χ4v) is 3.47. The van der Waals surface area contributed by atoms with Crippen LogP contribution in [0.15, 0.2) is 54.6 Å². The van der Waals surface area contributed by atoms with Gasteiger partial charge in [-0.2, -0.15) is 11.8 Å². The number of amides is 2. The summed E-state index contributed by atoms with van der Waals surface area (Å²) in [5, 5.41) is 5.76. The van der Waals surface area contributed by atoms with Crippen molar-refractivity contribution in [1.82, 2.24) is 10.6 Å². The van der Waals surface area contributed by atoms with Crippen molar-refractivity contribution in [1.29, 1.82) is 0 Å². The van der Waals surface area contributed by atoms with E-state index in [-0.39, 0.29) is 18.4 Å². The van der Waals surface area contributed by atoms with Gasteiger partial charge in [-0.15, -0.1) is 0 Å². The second-order valence-corrected chi connectivity index (χ2v) is 8.44. The molecule has 1 unspecified atom stereocenters. The van der Waals surface area contributed by atoms with Gasteiger partial charge < -0.3 is 20.3 Å². The molecule has 2 rings (SSSR count). The molecule has 0 radical (unpaired) electrons. The van der Waals surface area contributed by atoms with Crippen molar-refractivity contribution in [3.05, 3.63) is 60.2 Å². The average molecular weight is 444 g/mol. The molecular formula is C24H33N3O3S. The minimum atomic E-state index is -0.557. The molecule has 2 N–H and O–H groups in total. The Morgan fingerprint density at radius 2 is 1.77 bits per heavy atom. The van der Waals surface area contributed by atoms with Crippen LogP contribution in [0.4, 0.5) is 5.69 Å². The van der Waals surface area contributed by atoms with Crippen LogP contribution < -0.4 is 20.3 Å². The summed E-state index contributed by atoms with van der Waals surface area (Å²) in [6.45, 7) is 0.455. The van der Waals surface area contributed by atoms with Gasteiger partial charge in [-0.3, -0.25) is 9.59 Å². The second-order valence-electron chi connectivity index (χ2n) is 7.46. The molecule has 31 heavy (non-hydrogen) atoms. The number of hydrogen-bond acceptors (Lipinski definition) is 5. The third-order valence-corrected chi connectivity index (χ3v) is 5.41. The van der Waals surface area contributed by atoms with Crippen molar-refractivity contribution in [3.63, 3.8) is 0 Å². The molecular weight excluding hydrogens is 410 g/mol. The lowest BCUT2D eigenvalue weighted by Gasteiger charge is -2.18. The molecule has 1 atom stereocenters. The van der Waals surface area contributed by atoms with Gasteiger partial charge in [0.05, 0.1) is 0 Å². The van der Waals surface area contributed by atoms with Gasteiger partial charge in [0.1, 0.15) is 11.8 Å². The largest absolute Gasteiger partial charge is 0.484 e. The molecule has 0 fully saturated rings. The van der Waals surface area contributed by atoms with E-state index in [4.69, 9.17) is 4.74 Å². The first-order valence-corrected chi connectivity index (χ1v) is 11.9. The van der Waals surface area contributed by atoms with Crippen molar-refractivity contribution in [2.45, 2.75) is 25.3 Å². The van der Waals surface area contributed by atoms with Crippen LogP contribution >= 0.6 is 11.8 Å². The normalized spacial score (nSPS) is 11.5. The van der Waals surface area contributed by atoms with E-state index in [1.807, 2.05) is 38.6 Å². The van der Waals surface area contributed by atoms with E-state index in [0.29, 0.717) is 18.7 Å². The number of carbonyl (C=O) groups excluding carboxylic acids is 2. The zero-order valence-electron chi connectivity index (χ0n) is 18.6. The fraction of sp³-hybridized carbons (Fsp3) is 0.417. The van der Waals surface area contributed by atoms with Crippen LogP contribution in [0.5, 0.6) is 5.75 Å². The Morgan fingerprint density at radius 1 is 1.06 bits per heavy atom. The summed E-state index contributed by atoms with van der Waals surface area (Å²) in [5.74, 6) is 0.966. The van der Waals surface area contributed by atoms with Crippen LogP contribution in [-0.4, -0.2) is 57.1 Å². The molecule has 0 aliphatic carbocycles. The van der Waals surface area contributed by atoms with E-state index in [9.17, 15) is 9.59 Å². The topological polar surface area (TPSA) is 70.7 Å². The number of benzene rings is 2. The molecule has 0 bridgehead atoms. The van der Waals surface area contributed by atoms with E-state index < -0.39 is 6.04 Å². The van der Waals surface area contributed by atoms with E-state index in [2.05, 4.69) is 39.8 Å². The third-order valence-electron chi connectivity index (χ3n) is 4.77. The Balaban J connectivity index is 1.75. The van der Waals surface area contributed by atoms with Gasteiger partial charge in [-0.05, 0) is 61.1 Å². The summed E-state index contributed by atoms with van der Waals surface area (Å²) in [7, 11) is 4.04. The lowest BCUT2D eigenvalue weighted by Crippen LogP contribution is -2.48. The maximum Gasteiger partial charge on any atom is 0.258 e. The molecule has 0 saturated carbocycles. The van der Waals surface area contributed by atoms with Gasteiger partial charge >= 0.3 is 0 Å². The van der Waals surface area contributed by atoms with Crippen LogP contribution in [0, 0.1) is 0 Å². The van der Waals surface area contributed by atoms with Gasteiger partial charge in [0, 0.05) is 26.3 Å². The molecule has 0 aromatic heterocycles. The van der Waals surface area contributed by atoms with E-state index in [1.165, 1.54) is 11.3 Å². The molecule has 2 amide bonds. The number of thioether (sulfide) groups is 1. The highest BCUT2D eigenvalue weighted by molar-refractivity contribution is 7.98. The highest BCUT2D eigenvalue weighted by Gasteiger charge is 2.20. The van der Waals surface area contributed by atoms with Crippen molar-refractivity contribution < 1.29 is 14.3 Å². The summed E-state index contributed by atoms with van der Waals surface area (Å²) in [6, 6.07) is 17.0. The monoisotopic (exact) mass is 443 g/mol. The van der Waals surface area contributed by atoms with E-state index in [1.54, 1.807) is 23.9 Å². The van der Waals surface area contributed by atoms with Crippen LogP contribution in [0.3, 0.4) is 0 Å². The Labute approximate surface area is 189 Å². The lowest BCUT2D eigenvalue weighted by atomic mass is 10.1. The summed E-state index contributed by atoms with van der Waals surface area (Å²) in [6.07, 6.45) is 4.29. The first-order chi connectivity index (χ1) is 15.0. The molecule has 0 saturated heterocycles. The quantitative estimate of drug-likeness (QED) is 0.466. The molecule has 6 nitrogen and oxygen atoms in total. The predicted octanol–water partition coefficient (Wildman–Crippen LogP) is 3.12. The first kappa shape index (κ1) is 24.6.